The predicted molar refractivity (Wildman–Crippen MR) is 53.7 cm³/mol. The standard InChI is InChI=1S/C10H14ClNO/c1-3-5-10(2,13)8-4-6-12-9(11)7-8/h4,6-7,13H,3,5H2,1-2H3. The summed E-state index contributed by atoms with van der Waals surface area (Å²) in [4.78, 5) is 3.87. The third-order valence-electron chi connectivity index (χ3n) is 2.09. The van der Waals surface area contributed by atoms with Crippen LogP contribution in [0.2, 0.25) is 5.15 Å². The summed E-state index contributed by atoms with van der Waals surface area (Å²) in [6.07, 6.45) is 3.28. The van der Waals surface area contributed by atoms with Crippen LogP contribution in [-0.4, -0.2) is 10.1 Å². The molecule has 13 heavy (non-hydrogen) atoms. The molecule has 0 saturated carbocycles. The lowest BCUT2D eigenvalue weighted by molar-refractivity contribution is 0.0469. The topological polar surface area (TPSA) is 33.1 Å². The van der Waals surface area contributed by atoms with E-state index in [-0.39, 0.29) is 0 Å². The lowest BCUT2D eigenvalue weighted by atomic mass is 9.92. The third-order valence-corrected chi connectivity index (χ3v) is 2.29. The molecule has 3 heteroatoms. The molecule has 1 aromatic rings. The lowest BCUT2D eigenvalue weighted by Crippen LogP contribution is -2.20. The molecule has 0 aliphatic heterocycles. The van der Waals surface area contributed by atoms with Crippen molar-refractivity contribution in [1.82, 2.24) is 4.98 Å². The van der Waals surface area contributed by atoms with E-state index in [0.29, 0.717) is 5.15 Å². The molecule has 2 nitrogen and oxygen atoms in total. The van der Waals surface area contributed by atoms with Crippen LogP contribution in [0.25, 0.3) is 0 Å². The van der Waals surface area contributed by atoms with Gasteiger partial charge in [-0.05, 0) is 31.0 Å². The molecular weight excluding hydrogens is 186 g/mol. The van der Waals surface area contributed by atoms with Crippen molar-refractivity contribution in [3.8, 4) is 0 Å². The largest absolute Gasteiger partial charge is 0.385 e. The first-order chi connectivity index (χ1) is 6.06. The number of nitrogens with zero attached hydrogens (tertiary/aromatic N) is 1. The molecule has 0 aliphatic rings. The molecule has 0 saturated heterocycles. The van der Waals surface area contributed by atoms with Crippen LogP contribution in [0.15, 0.2) is 18.3 Å². The average molecular weight is 200 g/mol. The first-order valence-electron chi connectivity index (χ1n) is 4.40. The molecule has 72 valence electrons. The molecule has 0 spiro atoms. The maximum atomic E-state index is 10.0. The van der Waals surface area contributed by atoms with Gasteiger partial charge in [0.2, 0.25) is 0 Å². The molecule has 0 bridgehead atoms. The Morgan fingerprint density at radius 1 is 1.62 bits per heavy atom. The number of aliphatic hydroxyl groups is 1. The van der Waals surface area contributed by atoms with Gasteiger partial charge in [-0.25, -0.2) is 4.98 Å². The quantitative estimate of drug-likeness (QED) is 0.760. The van der Waals surface area contributed by atoms with Crippen LogP contribution >= 0.6 is 11.6 Å². The van der Waals surface area contributed by atoms with Gasteiger partial charge >= 0.3 is 0 Å². The van der Waals surface area contributed by atoms with E-state index in [1.807, 2.05) is 6.92 Å². The minimum Gasteiger partial charge on any atom is -0.385 e. The number of pyridine rings is 1. The summed E-state index contributed by atoms with van der Waals surface area (Å²) >= 11 is 5.73. The van der Waals surface area contributed by atoms with Crippen LogP contribution in [0.5, 0.6) is 0 Å². The highest BCUT2D eigenvalue weighted by Crippen LogP contribution is 2.26. The highest BCUT2D eigenvalue weighted by molar-refractivity contribution is 6.29. The summed E-state index contributed by atoms with van der Waals surface area (Å²) in [7, 11) is 0. The molecule has 0 aromatic carbocycles. The number of rotatable bonds is 3. The van der Waals surface area contributed by atoms with Crippen LogP contribution < -0.4 is 0 Å². The first-order valence-corrected chi connectivity index (χ1v) is 4.78. The fourth-order valence-corrected chi connectivity index (χ4v) is 1.54. The van der Waals surface area contributed by atoms with Crippen molar-refractivity contribution in [1.29, 1.82) is 0 Å². The van der Waals surface area contributed by atoms with E-state index in [9.17, 15) is 5.11 Å². The fraction of sp³-hybridized carbons (Fsp3) is 0.500. The van der Waals surface area contributed by atoms with Gasteiger partial charge in [0.1, 0.15) is 5.15 Å². The minimum atomic E-state index is -0.790. The highest BCUT2D eigenvalue weighted by Gasteiger charge is 2.21. The minimum absolute atomic E-state index is 0.425. The van der Waals surface area contributed by atoms with Gasteiger partial charge in [0.15, 0.2) is 0 Å². The Labute approximate surface area is 83.6 Å². The summed E-state index contributed by atoms with van der Waals surface area (Å²) in [6, 6.07) is 3.50. The number of halogens is 1. The Balaban J connectivity index is 2.93. The van der Waals surface area contributed by atoms with E-state index in [2.05, 4.69) is 4.98 Å². The fourth-order valence-electron chi connectivity index (χ4n) is 1.37. The second-order valence-electron chi connectivity index (χ2n) is 3.39. The summed E-state index contributed by atoms with van der Waals surface area (Å²) < 4.78 is 0. The van der Waals surface area contributed by atoms with E-state index >= 15 is 0 Å². The van der Waals surface area contributed by atoms with Crippen molar-refractivity contribution in [2.75, 3.05) is 0 Å². The van der Waals surface area contributed by atoms with Gasteiger partial charge in [-0.1, -0.05) is 24.9 Å². The Hall–Kier alpha value is -0.600. The third kappa shape index (κ3) is 2.68. The smallest absolute Gasteiger partial charge is 0.129 e. The first kappa shape index (κ1) is 10.5. The van der Waals surface area contributed by atoms with Gasteiger partial charge in [0, 0.05) is 6.20 Å². The van der Waals surface area contributed by atoms with Crippen LogP contribution in [0.1, 0.15) is 32.3 Å². The van der Waals surface area contributed by atoms with Gasteiger partial charge in [0.25, 0.3) is 0 Å². The molecule has 1 N–H and O–H groups in total. The van der Waals surface area contributed by atoms with E-state index in [1.54, 1.807) is 25.3 Å². The van der Waals surface area contributed by atoms with E-state index < -0.39 is 5.60 Å². The van der Waals surface area contributed by atoms with Crippen LogP contribution in [0.3, 0.4) is 0 Å². The van der Waals surface area contributed by atoms with Gasteiger partial charge in [-0.2, -0.15) is 0 Å². The SMILES string of the molecule is CCCC(C)(O)c1ccnc(Cl)c1. The van der Waals surface area contributed by atoms with Crippen molar-refractivity contribution >= 4 is 11.6 Å². The van der Waals surface area contributed by atoms with E-state index in [0.717, 1.165) is 18.4 Å². The molecule has 0 amide bonds. The molecule has 1 unspecified atom stereocenters. The Bertz CT molecular complexity index is 286. The second-order valence-corrected chi connectivity index (χ2v) is 3.78. The number of hydrogen-bond donors (Lipinski definition) is 1. The number of hydrogen-bond acceptors (Lipinski definition) is 2. The molecule has 0 aliphatic carbocycles. The molecule has 0 fully saturated rings. The van der Waals surface area contributed by atoms with Crippen molar-refractivity contribution in [3.05, 3.63) is 29.0 Å². The Morgan fingerprint density at radius 2 is 2.31 bits per heavy atom. The maximum absolute atomic E-state index is 10.0. The zero-order valence-corrected chi connectivity index (χ0v) is 8.67. The van der Waals surface area contributed by atoms with Gasteiger partial charge in [-0.15, -0.1) is 0 Å². The van der Waals surface area contributed by atoms with Crippen LogP contribution in [0.4, 0.5) is 0 Å². The van der Waals surface area contributed by atoms with Crippen molar-refractivity contribution in [2.45, 2.75) is 32.3 Å². The van der Waals surface area contributed by atoms with E-state index in [4.69, 9.17) is 11.6 Å². The zero-order valence-electron chi connectivity index (χ0n) is 7.92. The molecule has 1 aromatic heterocycles. The van der Waals surface area contributed by atoms with Crippen molar-refractivity contribution in [2.24, 2.45) is 0 Å². The van der Waals surface area contributed by atoms with Gasteiger partial charge in [0.05, 0.1) is 5.60 Å². The zero-order chi connectivity index (χ0) is 9.90. The van der Waals surface area contributed by atoms with E-state index in [1.165, 1.54) is 0 Å². The molecule has 1 heterocycles. The molecule has 1 atom stereocenters. The van der Waals surface area contributed by atoms with Crippen LogP contribution in [0, 0.1) is 0 Å². The summed E-state index contributed by atoms with van der Waals surface area (Å²) in [5, 5.41) is 10.4. The molecule has 1 rings (SSSR count). The Morgan fingerprint density at radius 3 is 2.85 bits per heavy atom. The highest BCUT2D eigenvalue weighted by atomic mass is 35.5. The Kier molecular flexibility index (Phi) is 3.28. The average Bonchev–Trinajstić information content (AvgIpc) is 2.04. The monoisotopic (exact) mass is 199 g/mol. The normalized spacial score (nSPS) is 15.4. The van der Waals surface area contributed by atoms with Gasteiger partial charge < -0.3 is 5.11 Å². The van der Waals surface area contributed by atoms with Crippen LogP contribution in [-0.2, 0) is 5.60 Å². The van der Waals surface area contributed by atoms with Crippen molar-refractivity contribution < 1.29 is 5.11 Å². The summed E-state index contributed by atoms with van der Waals surface area (Å²) in [5.74, 6) is 0. The predicted octanol–water partition coefficient (Wildman–Crippen LogP) is 2.74. The second kappa shape index (κ2) is 4.07. The van der Waals surface area contributed by atoms with Crippen molar-refractivity contribution in [3.63, 3.8) is 0 Å². The summed E-state index contributed by atoms with van der Waals surface area (Å²) in [6.45, 7) is 3.83. The molecule has 0 radical (unpaired) electrons. The number of aromatic nitrogens is 1. The summed E-state index contributed by atoms with van der Waals surface area (Å²) in [5.41, 5.74) is 0.0378. The lowest BCUT2D eigenvalue weighted by Gasteiger charge is -2.22. The molecular formula is C10H14ClNO. The maximum Gasteiger partial charge on any atom is 0.129 e. The van der Waals surface area contributed by atoms with Gasteiger partial charge in [-0.3, -0.25) is 0 Å².